The minimum Gasteiger partial charge on any atom is -0.480 e. The van der Waals surface area contributed by atoms with Gasteiger partial charge in [-0.05, 0) is 67.9 Å². The highest BCUT2D eigenvalue weighted by Gasteiger charge is 2.33. The third-order valence-corrected chi connectivity index (χ3v) is 6.80. The molecule has 1 unspecified atom stereocenters. The van der Waals surface area contributed by atoms with Crippen molar-refractivity contribution in [2.75, 3.05) is 31.5 Å². The quantitative estimate of drug-likeness (QED) is 0.509. The molecule has 7 nitrogen and oxygen atoms in total. The number of amides is 1. The van der Waals surface area contributed by atoms with Crippen LogP contribution in [-0.2, 0) is 22.4 Å². The van der Waals surface area contributed by atoms with Gasteiger partial charge in [0.15, 0.2) is 0 Å². The van der Waals surface area contributed by atoms with E-state index in [2.05, 4.69) is 22.8 Å². The molecule has 1 saturated heterocycles. The Hall–Kier alpha value is -2.64. The molecular formula is C25H31ClN4O3. The van der Waals surface area contributed by atoms with E-state index in [1.165, 1.54) is 5.56 Å². The fourth-order valence-corrected chi connectivity index (χ4v) is 4.83. The van der Waals surface area contributed by atoms with E-state index in [1.54, 1.807) is 24.3 Å². The first-order chi connectivity index (χ1) is 16.0. The number of piperidine rings is 1. The third-order valence-electron chi connectivity index (χ3n) is 6.55. The molecule has 1 fully saturated rings. The van der Waals surface area contributed by atoms with Crippen molar-refractivity contribution in [3.63, 3.8) is 0 Å². The zero-order chi connectivity index (χ0) is 23.2. The molecule has 33 heavy (non-hydrogen) atoms. The number of aryl methyl sites for hydroxylation is 2. The Morgan fingerprint density at radius 2 is 1.94 bits per heavy atom. The second-order valence-electron chi connectivity index (χ2n) is 8.84. The first kappa shape index (κ1) is 23.5. The number of halogens is 1. The number of hydrogen-bond acceptors (Lipinski definition) is 5. The molecule has 1 atom stereocenters. The largest absolute Gasteiger partial charge is 0.480 e. The van der Waals surface area contributed by atoms with Crippen LogP contribution in [-0.4, -0.2) is 53.0 Å². The summed E-state index contributed by atoms with van der Waals surface area (Å²) in [5.41, 5.74) is 3.04. The minimum absolute atomic E-state index is 0.0630. The molecule has 3 N–H and O–H groups in total. The molecule has 4 rings (SSSR count). The van der Waals surface area contributed by atoms with Crippen LogP contribution in [0, 0.1) is 5.92 Å². The number of nitrogens with one attached hydrogen (secondary N) is 2. The van der Waals surface area contributed by atoms with Gasteiger partial charge in [0.2, 0.25) is 5.91 Å². The van der Waals surface area contributed by atoms with Crippen molar-refractivity contribution in [3.8, 4) is 0 Å². The molecule has 0 bridgehead atoms. The summed E-state index contributed by atoms with van der Waals surface area (Å²) >= 11 is 5.94. The zero-order valence-corrected chi connectivity index (χ0v) is 19.5. The van der Waals surface area contributed by atoms with Crippen molar-refractivity contribution in [1.29, 1.82) is 0 Å². The Labute approximate surface area is 199 Å². The minimum atomic E-state index is -0.883. The molecule has 2 aliphatic heterocycles. The van der Waals surface area contributed by atoms with Crippen molar-refractivity contribution >= 4 is 29.3 Å². The predicted molar refractivity (Wildman–Crippen MR) is 129 cm³/mol. The van der Waals surface area contributed by atoms with Crippen molar-refractivity contribution < 1.29 is 14.7 Å². The van der Waals surface area contributed by atoms with Crippen molar-refractivity contribution in [1.82, 2.24) is 15.2 Å². The topological polar surface area (TPSA) is 94.6 Å². The van der Waals surface area contributed by atoms with Crippen molar-refractivity contribution in [2.45, 2.75) is 44.6 Å². The van der Waals surface area contributed by atoms with Crippen LogP contribution in [0.1, 0.15) is 48.5 Å². The molecule has 176 valence electrons. The molecule has 1 aromatic carbocycles. The van der Waals surface area contributed by atoms with Gasteiger partial charge in [-0.25, -0.2) is 4.98 Å². The van der Waals surface area contributed by atoms with Crippen LogP contribution in [0.25, 0.3) is 0 Å². The van der Waals surface area contributed by atoms with Gasteiger partial charge in [0.1, 0.15) is 11.9 Å². The van der Waals surface area contributed by atoms with Gasteiger partial charge in [0, 0.05) is 42.8 Å². The summed E-state index contributed by atoms with van der Waals surface area (Å²) < 4.78 is 0. The Kier molecular flexibility index (Phi) is 7.83. The molecule has 1 amide bonds. The standard InChI is InChI=1S/C25H31ClN4O3/c26-20-8-5-17(6-9-20)22(25(32)33)30-15-11-19(12-16-30)24(31)28-14-2-4-21-10-7-18-3-1-13-27-23(18)29-21/h5-10,19,22H,1-4,11-16H2,(H,27,29)(H,28,31)(H,32,33). The van der Waals surface area contributed by atoms with Gasteiger partial charge in [-0.2, -0.15) is 0 Å². The molecule has 2 aromatic rings. The van der Waals surface area contributed by atoms with E-state index in [9.17, 15) is 14.7 Å². The lowest BCUT2D eigenvalue weighted by molar-refractivity contribution is -0.144. The number of nitrogens with zero attached hydrogens (tertiary/aromatic N) is 2. The second kappa shape index (κ2) is 11.0. The molecule has 2 aliphatic rings. The number of aromatic nitrogens is 1. The highest BCUT2D eigenvalue weighted by Crippen LogP contribution is 2.28. The van der Waals surface area contributed by atoms with Gasteiger partial charge in [-0.3, -0.25) is 14.5 Å². The average Bonchev–Trinajstić information content (AvgIpc) is 2.83. The summed E-state index contributed by atoms with van der Waals surface area (Å²) in [6.07, 6.45) is 5.21. The number of aliphatic carboxylic acids is 1. The summed E-state index contributed by atoms with van der Waals surface area (Å²) in [4.78, 5) is 31.2. The summed E-state index contributed by atoms with van der Waals surface area (Å²) in [7, 11) is 0. The maximum atomic E-state index is 12.6. The first-order valence-corrected chi connectivity index (χ1v) is 12.1. The Bertz CT molecular complexity index is 974. The highest BCUT2D eigenvalue weighted by molar-refractivity contribution is 6.30. The number of carboxylic acids is 1. The Morgan fingerprint density at radius 1 is 1.18 bits per heavy atom. The van der Waals surface area contributed by atoms with Crippen LogP contribution in [0.2, 0.25) is 5.02 Å². The number of rotatable bonds is 8. The fourth-order valence-electron chi connectivity index (χ4n) is 4.71. The molecular weight excluding hydrogens is 440 g/mol. The van der Waals surface area contributed by atoms with Gasteiger partial charge in [-0.1, -0.05) is 29.8 Å². The average molecular weight is 471 g/mol. The number of carbonyl (C=O) groups excluding carboxylic acids is 1. The van der Waals surface area contributed by atoms with Crippen LogP contribution in [0.5, 0.6) is 0 Å². The number of carbonyl (C=O) groups is 2. The van der Waals surface area contributed by atoms with Crippen molar-refractivity contribution in [3.05, 3.63) is 58.2 Å². The maximum Gasteiger partial charge on any atom is 0.325 e. The number of fused-ring (bicyclic) bond motifs is 1. The fraction of sp³-hybridized carbons (Fsp3) is 0.480. The predicted octanol–water partition coefficient (Wildman–Crippen LogP) is 3.68. The summed E-state index contributed by atoms with van der Waals surface area (Å²) in [6, 6.07) is 10.5. The van der Waals surface area contributed by atoms with Gasteiger partial charge in [-0.15, -0.1) is 0 Å². The smallest absolute Gasteiger partial charge is 0.325 e. The van der Waals surface area contributed by atoms with E-state index in [1.807, 2.05) is 4.90 Å². The van der Waals surface area contributed by atoms with Gasteiger partial charge in [0.05, 0.1) is 0 Å². The SMILES string of the molecule is O=C(NCCCc1ccc2c(n1)NCCC2)C1CCN(C(C(=O)O)c2ccc(Cl)cc2)CC1. The van der Waals surface area contributed by atoms with E-state index >= 15 is 0 Å². The van der Waals surface area contributed by atoms with E-state index in [0.29, 0.717) is 43.1 Å². The summed E-state index contributed by atoms with van der Waals surface area (Å²) in [6.45, 7) is 2.74. The normalized spacial score (nSPS) is 17.6. The van der Waals surface area contributed by atoms with E-state index in [-0.39, 0.29) is 11.8 Å². The van der Waals surface area contributed by atoms with E-state index < -0.39 is 12.0 Å². The number of hydrogen-bond donors (Lipinski definition) is 3. The number of pyridine rings is 1. The third kappa shape index (κ3) is 6.03. The van der Waals surface area contributed by atoms with Crippen LogP contribution in [0.15, 0.2) is 36.4 Å². The Morgan fingerprint density at radius 3 is 2.67 bits per heavy atom. The molecule has 0 spiro atoms. The van der Waals surface area contributed by atoms with E-state index in [4.69, 9.17) is 16.6 Å². The molecule has 8 heteroatoms. The van der Waals surface area contributed by atoms with Crippen LogP contribution < -0.4 is 10.6 Å². The van der Waals surface area contributed by atoms with Gasteiger partial charge < -0.3 is 15.7 Å². The molecule has 0 radical (unpaired) electrons. The summed E-state index contributed by atoms with van der Waals surface area (Å²) in [5.74, 6) is 0.110. The van der Waals surface area contributed by atoms with Crippen LogP contribution in [0.3, 0.4) is 0 Å². The molecule has 1 aromatic heterocycles. The van der Waals surface area contributed by atoms with Gasteiger partial charge >= 0.3 is 5.97 Å². The molecule has 3 heterocycles. The molecule has 0 aliphatic carbocycles. The number of carboxylic acid groups (broad SMARTS) is 1. The first-order valence-electron chi connectivity index (χ1n) is 11.7. The lowest BCUT2D eigenvalue weighted by Crippen LogP contribution is -2.44. The second-order valence-corrected chi connectivity index (χ2v) is 9.27. The highest BCUT2D eigenvalue weighted by atomic mass is 35.5. The van der Waals surface area contributed by atoms with Crippen molar-refractivity contribution in [2.24, 2.45) is 5.92 Å². The lowest BCUT2D eigenvalue weighted by Gasteiger charge is -2.35. The lowest BCUT2D eigenvalue weighted by atomic mass is 9.93. The monoisotopic (exact) mass is 470 g/mol. The van der Waals surface area contributed by atoms with Gasteiger partial charge in [0.25, 0.3) is 0 Å². The summed E-state index contributed by atoms with van der Waals surface area (Å²) in [5, 5.41) is 16.8. The van der Waals surface area contributed by atoms with E-state index in [0.717, 1.165) is 43.7 Å². The molecule has 0 saturated carbocycles. The van der Waals surface area contributed by atoms with Crippen LogP contribution >= 0.6 is 11.6 Å². The zero-order valence-electron chi connectivity index (χ0n) is 18.7. The maximum absolute atomic E-state index is 12.6. The Balaban J connectivity index is 1.21. The van der Waals surface area contributed by atoms with Crippen LogP contribution in [0.4, 0.5) is 5.82 Å². The number of anilines is 1. The number of likely N-dealkylation sites (tertiary alicyclic amines) is 1. The number of benzene rings is 1.